The van der Waals surface area contributed by atoms with Crippen molar-refractivity contribution in [3.05, 3.63) is 95.6 Å². The van der Waals surface area contributed by atoms with Gasteiger partial charge in [-0.1, -0.05) is 36.4 Å². The Kier molecular flexibility index (Phi) is 10.6. The molecule has 13 heteroatoms. The molecule has 10 nitrogen and oxygen atoms in total. The van der Waals surface area contributed by atoms with E-state index in [0.29, 0.717) is 44.4 Å². The van der Waals surface area contributed by atoms with Crippen LogP contribution in [0.15, 0.2) is 77.7 Å². The fraction of sp³-hybridized carbons (Fsp3) is 0.412. The van der Waals surface area contributed by atoms with Crippen LogP contribution in [0.2, 0.25) is 0 Å². The van der Waals surface area contributed by atoms with Gasteiger partial charge in [0, 0.05) is 49.5 Å². The number of ether oxygens (including phenoxy) is 1. The van der Waals surface area contributed by atoms with E-state index in [1.54, 1.807) is 18.2 Å². The number of carbonyl (C=O) groups is 2. The second-order valence-electron chi connectivity index (χ2n) is 12.3. The van der Waals surface area contributed by atoms with Gasteiger partial charge in [-0.3, -0.25) is 15.4 Å². The summed E-state index contributed by atoms with van der Waals surface area (Å²) in [4.78, 5) is 24.1. The van der Waals surface area contributed by atoms with E-state index >= 15 is 4.39 Å². The zero-order chi connectivity index (χ0) is 33.7. The van der Waals surface area contributed by atoms with Crippen LogP contribution in [0.3, 0.4) is 0 Å². The van der Waals surface area contributed by atoms with Crippen molar-refractivity contribution in [2.45, 2.75) is 60.0 Å². The first-order valence-electron chi connectivity index (χ1n) is 15.6. The van der Waals surface area contributed by atoms with Crippen LogP contribution in [0.5, 0.6) is 0 Å². The largest absolute Gasteiger partial charge is 0.465 e. The highest BCUT2D eigenvalue weighted by Gasteiger charge is 2.48. The molecule has 2 aliphatic rings. The first-order valence-corrected chi connectivity index (χ1v) is 17.1. The highest BCUT2D eigenvalue weighted by Crippen LogP contribution is 2.41. The van der Waals surface area contributed by atoms with Crippen LogP contribution in [-0.4, -0.2) is 68.8 Å². The molecule has 2 fully saturated rings. The van der Waals surface area contributed by atoms with Crippen molar-refractivity contribution in [1.82, 2.24) is 16.0 Å². The third-order valence-electron chi connectivity index (χ3n) is 9.13. The first-order chi connectivity index (χ1) is 22.5. The Balaban J connectivity index is 1.56. The van der Waals surface area contributed by atoms with Gasteiger partial charge in [-0.15, -0.1) is 0 Å². The van der Waals surface area contributed by atoms with Gasteiger partial charge in [-0.05, 0) is 80.5 Å². The molecule has 0 radical (unpaired) electrons. The summed E-state index contributed by atoms with van der Waals surface area (Å²) in [5, 5.41) is 21.9. The Morgan fingerprint density at radius 2 is 1.79 bits per heavy atom. The molecule has 4 atom stereocenters. The molecule has 0 saturated carbocycles. The van der Waals surface area contributed by atoms with E-state index < -0.39 is 44.0 Å². The van der Waals surface area contributed by atoms with Crippen molar-refractivity contribution in [2.24, 2.45) is 5.92 Å². The molecule has 3 aromatic rings. The van der Waals surface area contributed by atoms with E-state index in [9.17, 15) is 27.5 Å². The summed E-state index contributed by atoms with van der Waals surface area (Å²) < 4.78 is 63.6. The summed E-state index contributed by atoms with van der Waals surface area (Å²) in [6, 6.07) is 17.5. The van der Waals surface area contributed by atoms with Crippen molar-refractivity contribution >= 4 is 27.9 Å². The van der Waals surface area contributed by atoms with Gasteiger partial charge in [0.05, 0.1) is 4.90 Å². The number of nitrogens with one attached hydrogen (secondary N) is 4. The number of carboxylic acid groups (broad SMARTS) is 1. The van der Waals surface area contributed by atoms with Crippen molar-refractivity contribution in [1.29, 1.82) is 0 Å². The number of carbonyl (C=O) groups excluding carboxylic acids is 1. The van der Waals surface area contributed by atoms with Gasteiger partial charge in [0.2, 0.25) is 0 Å². The maximum Gasteiger partial charge on any atom is 0.406 e. The topological polar surface area (TPSA) is 146 Å². The molecule has 2 saturated heterocycles. The lowest BCUT2D eigenvalue weighted by molar-refractivity contribution is -0.114. The summed E-state index contributed by atoms with van der Waals surface area (Å²) in [5.74, 6) is -2.26. The first kappa shape index (κ1) is 34.4. The van der Waals surface area contributed by atoms with Crippen molar-refractivity contribution in [3.63, 3.8) is 0 Å². The molecule has 5 rings (SSSR count). The monoisotopic (exact) mass is 670 g/mol. The third kappa shape index (κ3) is 7.33. The second-order valence-corrected chi connectivity index (χ2v) is 14.5. The fourth-order valence-corrected chi connectivity index (χ4v) is 8.92. The van der Waals surface area contributed by atoms with Crippen LogP contribution >= 0.6 is 0 Å². The Labute approximate surface area is 273 Å². The lowest BCUT2D eigenvalue weighted by atomic mass is 9.73. The SMILES string of the molecule is C[C@H]1CNC[C@](CCc2c(F)cccc2N[C@](C=O)(NC(=O)O)[C@@H](c2ccc(F)cc2)C2CCOCC2)(S(=O)(=O)c2ccccc2)N1. The molecule has 0 spiro atoms. The number of hydrogen-bond donors (Lipinski definition) is 5. The highest BCUT2D eigenvalue weighted by atomic mass is 32.2. The van der Waals surface area contributed by atoms with Gasteiger partial charge in [0.15, 0.2) is 21.8 Å². The van der Waals surface area contributed by atoms with E-state index in [0.717, 1.165) is 0 Å². The van der Waals surface area contributed by atoms with Crippen molar-refractivity contribution < 1.29 is 36.6 Å². The average molecular weight is 671 g/mol. The number of benzene rings is 3. The van der Waals surface area contributed by atoms with Gasteiger partial charge >= 0.3 is 6.09 Å². The molecule has 1 amide bonds. The van der Waals surface area contributed by atoms with Crippen LogP contribution < -0.4 is 21.3 Å². The molecule has 2 heterocycles. The molecular formula is C34H40F2N4O6S. The normalized spacial score (nSPS) is 22.5. The number of rotatable bonds is 12. The fourth-order valence-electron chi connectivity index (χ4n) is 6.94. The highest BCUT2D eigenvalue weighted by molar-refractivity contribution is 7.92. The number of anilines is 1. The zero-order valence-corrected chi connectivity index (χ0v) is 26.9. The lowest BCUT2D eigenvalue weighted by Gasteiger charge is -2.43. The maximum absolute atomic E-state index is 15.8. The van der Waals surface area contributed by atoms with Crippen molar-refractivity contribution in [2.75, 3.05) is 31.6 Å². The Morgan fingerprint density at radius 1 is 1.09 bits per heavy atom. The number of aldehydes is 1. The maximum atomic E-state index is 15.8. The predicted octanol–water partition coefficient (Wildman–Crippen LogP) is 4.43. The summed E-state index contributed by atoms with van der Waals surface area (Å²) in [7, 11) is -3.98. The molecule has 2 aliphatic heterocycles. The predicted molar refractivity (Wildman–Crippen MR) is 173 cm³/mol. The molecular weight excluding hydrogens is 630 g/mol. The van der Waals surface area contributed by atoms with Gasteiger partial charge in [-0.25, -0.2) is 22.0 Å². The van der Waals surface area contributed by atoms with Crippen LogP contribution in [0.1, 0.15) is 43.2 Å². The molecule has 0 aromatic heterocycles. The number of piperazine rings is 1. The van der Waals surface area contributed by atoms with Gasteiger partial charge < -0.3 is 20.5 Å². The second kappa shape index (κ2) is 14.5. The van der Waals surface area contributed by atoms with E-state index in [1.165, 1.54) is 54.6 Å². The quantitative estimate of drug-likeness (QED) is 0.140. The molecule has 252 valence electrons. The minimum atomic E-state index is -3.98. The van der Waals surface area contributed by atoms with Gasteiger partial charge in [0.1, 0.15) is 16.5 Å². The molecule has 0 bridgehead atoms. The number of halogens is 2. The molecule has 5 N–H and O–H groups in total. The summed E-state index contributed by atoms with van der Waals surface area (Å²) in [6.45, 7) is 3.23. The van der Waals surface area contributed by atoms with E-state index in [4.69, 9.17) is 4.74 Å². The zero-order valence-electron chi connectivity index (χ0n) is 26.0. The Hall–Kier alpha value is -3.91. The van der Waals surface area contributed by atoms with E-state index in [2.05, 4.69) is 21.3 Å². The molecule has 47 heavy (non-hydrogen) atoms. The van der Waals surface area contributed by atoms with Crippen LogP contribution in [0.25, 0.3) is 0 Å². The number of amides is 1. The van der Waals surface area contributed by atoms with Crippen LogP contribution in [-0.2, 0) is 25.8 Å². The van der Waals surface area contributed by atoms with Gasteiger partial charge in [0.25, 0.3) is 0 Å². The lowest BCUT2D eigenvalue weighted by Crippen LogP contribution is -2.66. The minimum absolute atomic E-state index is 0.0427. The molecule has 0 unspecified atom stereocenters. The standard InChI is InChI=1S/C34H40F2N4O6S/c1-23-20-37-21-33(38-23,47(44,45)27-6-3-2-4-7-27)17-14-28-29(36)8-5-9-30(28)39-34(22-41,40-32(42)43)31(25-15-18-46-19-16-25)24-10-12-26(35)13-11-24/h2-13,22-23,25,31,37-40H,14-21H2,1H3,(H,42,43)/t23-,31-,33-,34+/m0/s1. The average Bonchev–Trinajstić information content (AvgIpc) is 3.06. The summed E-state index contributed by atoms with van der Waals surface area (Å²) in [6.07, 6.45) is -0.182. The minimum Gasteiger partial charge on any atom is -0.465 e. The van der Waals surface area contributed by atoms with E-state index in [1.807, 2.05) is 6.92 Å². The Morgan fingerprint density at radius 3 is 2.43 bits per heavy atom. The van der Waals surface area contributed by atoms with Gasteiger partial charge in [-0.2, -0.15) is 0 Å². The third-order valence-corrected chi connectivity index (χ3v) is 11.5. The van der Waals surface area contributed by atoms with Crippen LogP contribution in [0.4, 0.5) is 19.3 Å². The number of sulfone groups is 1. The molecule has 3 aromatic carbocycles. The van der Waals surface area contributed by atoms with Crippen LogP contribution in [0, 0.1) is 17.6 Å². The van der Waals surface area contributed by atoms with E-state index in [-0.39, 0.29) is 47.5 Å². The van der Waals surface area contributed by atoms with Crippen molar-refractivity contribution in [3.8, 4) is 0 Å². The summed E-state index contributed by atoms with van der Waals surface area (Å²) >= 11 is 0. The Bertz CT molecular complexity index is 1660. The number of hydrogen-bond acceptors (Lipinski definition) is 8. The summed E-state index contributed by atoms with van der Waals surface area (Å²) in [5.41, 5.74) is -1.31. The molecule has 0 aliphatic carbocycles. The smallest absolute Gasteiger partial charge is 0.406 e.